The lowest BCUT2D eigenvalue weighted by molar-refractivity contribution is -0.145. The third-order valence-electron chi connectivity index (χ3n) is 9.81. The van der Waals surface area contributed by atoms with Crippen LogP contribution in [0.1, 0.15) is 68.2 Å². The minimum Gasteiger partial charge on any atom is -0.346 e. The highest BCUT2D eigenvalue weighted by Gasteiger charge is 2.70. The number of hydrogen-bond acceptors (Lipinski definition) is 7. The molecule has 1 heterocycles. The largest absolute Gasteiger partial charge is 0.346 e. The van der Waals surface area contributed by atoms with E-state index in [4.69, 9.17) is 0 Å². The summed E-state index contributed by atoms with van der Waals surface area (Å²) in [6.45, 7) is 19.2. The predicted molar refractivity (Wildman–Crippen MR) is 175 cm³/mol. The molecule has 5 amide bonds. The van der Waals surface area contributed by atoms with Crippen LogP contribution >= 0.6 is 0 Å². The average Bonchev–Trinajstić information content (AvgIpc) is 3.79. The number of piperidine rings is 1. The van der Waals surface area contributed by atoms with Gasteiger partial charge >= 0.3 is 6.03 Å². The number of likely N-dealkylation sites (N-methyl/N-ethyl adjacent to an activating group) is 1. The van der Waals surface area contributed by atoms with Crippen LogP contribution in [0.15, 0.2) is 12.7 Å². The highest BCUT2D eigenvalue weighted by atomic mass is 32.2. The molecule has 1 unspecified atom stereocenters. The van der Waals surface area contributed by atoms with Gasteiger partial charge in [0.15, 0.2) is 0 Å². The average molecular weight is 667 g/mol. The molecule has 46 heavy (non-hydrogen) atoms. The highest BCUT2D eigenvalue weighted by Crippen LogP contribution is 2.65. The quantitative estimate of drug-likeness (QED) is 0.169. The van der Waals surface area contributed by atoms with Crippen LogP contribution in [-0.2, 0) is 29.2 Å². The Morgan fingerprint density at radius 2 is 1.59 bits per heavy atom. The Morgan fingerprint density at radius 3 is 2.07 bits per heavy atom. The number of fused-ring (bicyclic) bond motifs is 1. The number of urea groups is 1. The van der Waals surface area contributed by atoms with Crippen molar-refractivity contribution in [1.29, 1.82) is 0 Å². The number of likely N-dealkylation sites (tertiary alicyclic amines) is 1. The van der Waals surface area contributed by atoms with E-state index in [2.05, 4.69) is 27.8 Å². The molecule has 0 aromatic carbocycles. The summed E-state index contributed by atoms with van der Waals surface area (Å²) >= 11 is 0. The summed E-state index contributed by atoms with van der Waals surface area (Å²) < 4.78 is 25.3. The van der Waals surface area contributed by atoms with Crippen molar-refractivity contribution in [1.82, 2.24) is 30.5 Å². The molecular weight excluding hydrogens is 612 g/mol. The number of nitrogens with one attached hydrogen (secondary N) is 4. The van der Waals surface area contributed by atoms with Gasteiger partial charge in [-0.15, -0.1) is 6.58 Å². The molecule has 2 aliphatic carbocycles. The SMILES string of the molecule is C=CCNC(=O)C(=O)C(NC(=O)[C@@H]1[C@@H]2[C@H](CN1C(=O)[C@@H](NC(=O)N[C@H](CN(C)S(C)(=O)=O)C(C)(C)C)C(C)(C)C)C2(C)C)C1CC1. The van der Waals surface area contributed by atoms with E-state index < -0.39 is 74.6 Å². The summed E-state index contributed by atoms with van der Waals surface area (Å²) in [5.41, 5.74) is -1.47. The molecule has 3 fully saturated rings. The number of ketones is 1. The molecule has 0 spiro atoms. The lowest BCUT2D eigenvalue weighted by Crippen LogP contribution is -2.63. The summed E-state index contributed by atoms with van der Waals surface area (Å²) in [4.78, 5) is 68.7. The second kappa shape index (κ2) is 13.2. The number of sulfonamides is 1. The zero-order valence-corrected chi connectivity index (χ0v) is 29.8. The first-order valence-electron chi connectivity index (χ1n) is 15.9. The number of hydrogen-bond donors (Lipinski definition) is 4. The molecule has 3 aliphatic rings. The van der Waals surface area contributed by atoms with E-state index in [1.54, 1.807) is 0 Å². The van der Waals surface area contributed by atoms with Crippen LogP contribution in [0.2, 0.25) is 0 Å². The number of carbonyl (C=O) groups is 5. The fourth-order valence-corrected chi connectivity index (χ4v) is 6.77. The van der Waals surface area contributed by atoms with Crippen molar-refractivity contribution < 1.29 is 32.4 Å². The van der Waals surface area contributed by atoms with Gasteiger partial charge in [-0.2, -0.15) is 0 Å². The maximum absolute atomic E-state index is 14.3. The van der Waals surface area contributed by atoms with E-state index in [1.807, 2.05) is 55.4 Å². The number of nitrogens with zero attached hydrogens (tertiary/aromatic N) is 2. The third kappa shape index (κ3) is 8.47. The smallest absolute Gasteiger partial charge is 0.315 e. The van der Waals surface area contributed by atoms with Crippen LogP contribution in [0.3, 0.4) is 0 Å². The van der Waals surface area contributed by atoms with Crippen molar-refractivity contribution in [3.05, 3.63) is 12.7 Å². The van der Waals surface area contributed by atoms with Gasteiger partial charge in [0.25, 0.3) is 5.91 Å². The zero-order valence-electron chi connectivity index (χ0n) is 29.0. The molecule has 6 atom stereocenters. The Morgan fingerprint density at radius 1 is 1.00 bits per heavy atom. The minimum absolute atomic E-state index is 0.0309. The number of carbonyl (C=O) groups excluding carboxylic acids is 5. The van der Waals surface area contributed by atoms with Crippen LogP contribution < -0.4 is 21.3 Å². The normalized spacial score (nSPS) is 24.2. The molecule has 0 radical (unpaired) electrons. The van der Waals surface area contributed by atoms with Gasteiger partial charge in [-0.1, -0.05) is 61.5 Å². The van der Waals surface area contributed by atoms with E-state index in [0.29, 0.717) is 19.4 Å². The summed E-state index contributed by atoms with van der Waals surface area (Å²) in [7, 11) is -2.06. The second-order valence-corrected chi connectivity index (χ2v) is 18.0. The van der Waals surface area contributed by atoms with Gasteiger partial charge in [0, 0.05) is 32.7 Å². The maximum atomic E-state index is 14.3. The van der Waals surface area contributed by atoms with Gasteiger partial charge in [0.1, 0.15) is 18.1 Å². The molecule has 4 N–H and O–H groups in total. The van der Waals surface area contributed by atoms with Crippen LogP contribution in [-0.4, -0.2) is 104 Å². The third-order valence-corrected chi connectivity index (χ3v) is 11.1. The zero-order chi connectivity index (χ0) is 35.2. The van der Waals surface area contributed by atoms with Gasteiger partial charge in [0.2, 0.25) is 27.6 Å². The molecule has 3 rings (SSSR count). The lowest BCUT2D eigenvalue weighted by Gasteiger charge is -2.39. The second-order valence-electron chi connectivity index (χ2n) is 16.0. The minimum atomic E-state index is -3.50. The van der Waals surface area contributed by atoms with Crippen LogP contribution in [0.5, 0.6) is 0 Å². The van der Waals surface area contributed by atoms with Crippen LogP contribution in [0.4, 0.5) is 4.79 Å². The first-order chi connectivity index (χ1) is 20.9. The Balaban J connectivity index is 1.83. The summed E-state index contributed by atoms with van der Waals surface area (Å²) in [5, 5.41) is 11.0. The van der Waals surface area contributed by atoms with Crippen molar-refractivity contribution in [2.24, 2.45) is 34.0 Å². The Labute approximate surface area is 274 Å². The highest BCUT2D eigenvalue weighted by molar-refractivity contribution is 7.88. The number of amides is 5. The Hall–Kier alpha value is -3.00. The topological polar surface area (TPSA) is 174 Å². The molecule has 0 aromatic heterocycles. The van der Waals surface area contributed by atoms with Gasteiger partial charge < -0.3 is 26.2 Å². The molecule has 260 valence electrons. The number of rotatable bonds is 13. The monoisotopic (exact) mass is 666 g/mol. The van der Waals surface area contributed by atoms with Crippen molar-refractivity contribution in [2.45, 2.75) is 92.4 Å². The Kier molecular flexibility index (Phi) is 10.8. The van der Waals surface area contributed by atoms with Crippen molar-refractivity contribution in [2.75, 3.05) is 32.9 Å². The molecule has 0 bridgehead atoms. The van der Waals surface area contributed by atoms with Crippen molar-refractivity contribution in [3.8, 4) is 0 Å². The van der Waals surface area contributed by atoms with Gasteiger partial charge in [-0.3, -0.25) is 19.2 Å². The molecule has 13 nitrogen and oxygen atoms in total. The van der Waals surface area contributed by atoms with E-state index in [0.717, 1.165) is 6.26 Å². The summed E-state index contributed by atoms with van der Waals surface area (Å²) in [5.74, 6) is -2.66. The fourth-order valence-electron chi connectivity index (χ4n) is 6.35. The first-order valence-corrected chi connectivity index (χ1v) is 17.8. The van der Waals surface area contributed by atoms with E-state index in [-0.39, 0.29) is 36.3 Å². The molecule has 0 aromatic rings. The molecule has 2 saturated carbocycles. The van der Waals surface area contributed by atoms with Crippen LogP contribution in [0, 0.1) is 34.0 Å². The van der Waals surface area contributed by atoms with Gasteiger partial charge in [-0.25, -0.2) is 17.5 Å². The van der Waals surface area contributed by atoms with E-state index in [1.165, 1.54) is 22.3 Å². The van der Waals surface area contributed by atoms with Crippen molar-refractivity contribution in [3.63, 3.8) is 0 Å². The predicted octanol–water partition coefficient (Wildman–Crippen LogP) is 1.26. The standard InChI is InChI=1S/C32H54N6O7S/c1-12-15-33-27(41)24(39)22(18-13-14-18)35-26(40)23-21-19(32(21,8)9)16-38(23)28(42)25(31(5,6)7)36-29(43)34-20(30(2,3)4)17-37(10)46(11,44)45/h12,18-23,25H,1,13-17H2,2-11H3,(H,33,41)(H,35,40)(H2,34,36,43)/t19-,20+,21-,22?,23-,25+/m0/s1. The Bertz CT molecular complexity index is 1350. The van der Waals surface area contributed by atoms with Crippen LogP contribution in [0.25, 0.3) is 0 Å². The molecular formula is C32H54N6O7S. The van der Waals surface area contributed by atoms with E-state index in [9.17, 15) is 32.4 Å². The summed E-state index contributed by atoms with van der Waals surface area (Å²) in [6, 6.07) is -4.11. The first kappa shape index (κ1) is 37.5. The van der Waals surface area contributed by atoms with Gasteiger partial charge in [-0.05, 0) is 46.8 Å². The van der Waals surface area contributed by atoms with E-state index >= 15 is 0 Å². The molecule has 14 heteroatoms. The maximum Gasteiger partial charge on any atom is 0.315 e. The number of Topliss-reactive ketones (excluding diaryl/α,β-unsaturated/α-hetero) is 1. The summed E-state index contributed by atoms with van der Waals surface area (Å²) in [6.07, 6.45) is 3.97. The lowest BCUT2D eigenvalue weighted by atomic mass is 9.85. The van der Waals surface area contributed by atoms with Crippen molar-refractivity contribution >= 4 is 39.6 Å². The van der Waals surface area contributed by atoms with Gasteiger partial charge in [0.05, 0.1) is 6.26 Å². The molecule has 1 saturated heterocycles. The fraction of sp³-hybridized carbons (Fsp3) is 0.781. The molecule has 1 aliphatic heterocycles.